The Bertz CT molecular complexity index is 943. The van der Waals surface area contributed by atoms with Crippen LogP contribution in [0, 0.1) is 17.3 Å². The molecule has 0 amide bonds. The van der Waals surface area contributed by atoms with Crippen LogP contribution >= 0.6 is 24.8 Å². The zero-order valence-electron chi connectivity index (χ0n) is 20.7. The molecule has 2 aliphatic carbocycles. The van der Waals surface area contributed by atoms with Crippen molar-refractivity contribution in [1.29, 1.82) is 0 Å². The highest BCUT2D eigenvalue weighted by Crippen LogP contribution is 2.50. The molecule has 3 aliphatic rings. The molecule has 0 bridgehead atoms. The van der Waals surface area contributed by atoms with Crippen molar-refractivity contribution in [2.45, 2.75) is 77.0 Å². The fourth-order valence-corrected chi connectivity index (χ4v) is 5.22. The Balaban J connectivity index is 0.00000162. The molecule has 1 aromatic heterocycles. The summed E-state index contributed by atoms with van der Waals surface area (Å²) in [7, 11) is 4.15. The summed E-state index contributed by atoms with van der Waals surface area (Å²) in [5.41, 5.74) is 3.18. The zero-order valence-corrected chi connectivity index (χ0v) is 22.3. The summed E-state index contributed by atoms with van der Waals surface area (Å²) >= 11 is 0. The van der Waals surface area contributed by atoms with Crippen LogP contribution in [0.25, 0.3) is 11.0 Å². The fourth-order valence-electron chi connectivity index (χ4n) is 5.22. The maximum atomic E-state index is 10.8. The van der Waals surface area contributed by atoms with E-state index in [2.05, 4.69) is 48.5 Å². The number of hydrogen-bond donors (Lipinski definition) is 2. The number of aliphatic hydroxyl groups is 1. The van der Waals surface area contributed by atoms with Gasteiger partial charge in [0, 0.05) is 18.0 Å². The second-order valence-electron chi connectivity index (χ2n) is 11.1. The number of halogens is 2. The van der Waals surface area contributed by atoms with Crippen LogP contribution in [-0.2, 0) is 13.0 Å². The average molecular weight is 515 g/mol. The van der Waals surface area contributed by atoms with Gasteiger partial charge in [-0.05, 0) is 101 Å². The Labute approximate surface area is 216 Å². The van der Waals surface area contributed by atoms with Crippen LogP contribution < -0.4 is 10.1 Å². The highest BCUT2D eigenvalue weighted by molar-refractivity contribution is 5.86. The third kappa shape index (κ3) is 6.19. The standard InChI is InChI=1S/C26H39N3O3.2ClH/c1-26(11-12-26)25(30)22-14-17(10-13-27-22)6-8-21-19-7-9-23(31-16-18-4-5-18)20(15-29(2)3)24(19)32-28-21;;/h7,9,17-18,22,25,27,30H,4-6,8,10-16H2,1-3H3;2*1H/t17-,22-,25?;;/m0../s1. The van der Waals surface area contributed by atoms with E-state index in [9.17, 15) is 5.11 Å². The first kappa shape index (κ1) is 27.5. The van der Waals surface area contributed by atoms with E-state index in [4.69, 9.17) is 9.26 Å². The Hall–Kier alpha value is -1.05. The topological polar surface area (TPSA) is 70.8 Å². The average Bonchev–Trinajstić information content (AvgIpc) is 3.70. The van der Waals surface area contributed by atoms with Gasteiger partial charge in [0.25, 0.3) is 0 Å². The monoisotopic (exact) mass is 513 g/mol. The molecule has 2 aromatic rings. The molecular formula is C26H41Cl2N3O3. The molecular weight excluding hydrogens is 473 g/mol. The molecule has 0 spiro atoms. The van der Waals surface area contributed by atoms with Crippen LogP contribution in [-0.4, -0.2) is 54.6 Å². The summed E-state index contributed by atoms with van der Waals surface area (Å²) in [6.45, 7) is 4.79. The number of piperidine rings is 1. The van der Waals surface area contributed by atoms with Crippen LogP contribution in [0.1, 0.15) is 63.1 Å². The normalized spacial score (nSPS) is 24.4. The van der Waals surface area contributed by atoms with Gasteiger partial charge in [0.1, 0.15) is 5.75 Å². The second-order valence-corrected chi connectivity index (χ2v) is 11.1. The third-order valence-electron chi connectivity index (χ3n) is 7.89. The molecule has 1 unspecified atom stereocenters. The Kier molecular flexibility index (Phi) is 9.18. The van der Waals surface area contributed by atoms with E-state index in [-0.39, 0.29) is 42.4 Å². The molecule has 2 heterocycles. The van der Waals surface area contributed by atoms with Gasteiger partial charge >= 0.3 is 0 Å². The Morgan fingerprint density at radius 2 is 1.97 bits per heavy atom. The van der Waals surface area contributed by atoms with E-state index < -0.39 is 0 Å². The van der Waals surface area contributed by atoms with Crippen molar-refractivity contribution in [2.24, 2.45) is 17.3 Å². The molecule has 34 heavy (non-hydrogen) atoms. The molecule has 3 atom stereocenters. The lowest BCUT2D eigenvalue weighted by atomic mass is 9.82. The SMILES string of the molecule is CN(C)Cc1c(OCC2CC2)ccc2c(CC[C@H]3CCN[C@H](C(O)C4(C)CC4)C3)noc12.Cl.Cl. The summed E-state index contributed by atoms with van der Waals surface area (Å²) in [6, 6.07) is 4.47. The Morgan fingerprint density at radius 1 is 1.21 bits per heavy atom. The number of benzene rings is 1. The number of hydrogen-bond acceptors (Lipinski definition) is 6. The molecule has 2 N–H and O–H groups in total. The maximum absolute atomic E-state index is 10.8. The first-order valence-electron chi connectivity index (χ1n) is 12.5. The number of aromatic nitrogens is 1. The first-order valence-corrected chi connectivity index (χ1v) is 12.5. The molecule has 1 saturated heterocycles. The predicted molar refractivity (Wildman–Crippen MR) is 140 cm³/mol. The van der Waals surface area contributed by atoms with Crippen LogP contribution in [0.4, 0.5) is 0 Å². The molecule has 8 heteroatoms. The number of nitrogens with zero attached hydrogens (tertiary/aromatic N) is 2. The molecule has 192 valence electrons. The van der Waals surface area contributed by atoms with Crippen LogP contribution in [0.5, 0.6) is 5.75 Å². The van der Waals surface area contributed by atoms with Gasteiger partial charge in [-0.2, -0.15) is 0 Å². The van der Waals surface area contributed by atoms with Gasteiger partial charge in [-0.15, -0.1) is 24.8 Å². The van der Waals surface area contributed by atoms with Gasteiger partial charge in [-0.1, -0.05) is 12.1 Å². The molecule has 6 nitrogen and oxygen atoms in total. The van der Waals surface area contributed by atoms with Crippen LogP contribution in [0.3, 0.4) is 0 Å². The summed E-state index contributed by atoms with van der Waals surface area (Å²) in [4.78, 5) is 2.15. The summed E-state index contributed by atoms with van der Waals surface area (Å²) in [5, 5.41) is 20.0. The zero-order chi connectivity index (χ0) is 22.3. The van der Waals surface area contributed by atoms with Crippen molar-refractivity contribution >= 4 is 35.8 Å². The summed E-state index contributed by atoms with van der Waals surface area (Å²) in [5.74, 6) is 2.27. The van der Waals surface area contributed by atoms with E-state index >= 15 is 0 Å². The smallest absolute Gasteiger partial charge is 0.175 e. The van der Waals surface area contributed by atoms with E-state index in [1.807, 2.05) is 0 Å². The van der Waals surface area contributed by atoms with Crippen molar-refractivity contribution in [1.82, 2.24) is 15.4 Å². The highest BCUT2D eigenvalue weighted by atomic mass is 35.5. The largest absolute Gasteiger partial charge is 0.493 e. The van der Waals surface area contributed by atoms with Gasteiger partial charge in [0.15, 0.2) is 5.58 Å². The second kappa shape index (κ2) is 11.3. The van der Waals surface area contributed by atoms with E-state index in [1.165, 1.54) is 19.3 Å². The number of ether oxygens (including phenoxy) is 1. The minimum absolute atomic E-state index is 0. The number of aliphatic hydroxyl groups excluding tert-OH is 1. The highest BCUT2D eigenvalue weighted by Gasteiger charge is 2.48. The lowest BCUT2D eigenvalue weighted by molar-refractivity contribution is 0.0428. The van der Waals surface area contributed by atoms with Gasteiger partial charge in [0.05, 0.1) is 24.0 Å². The fraction of sp³-hybridized carbons (Fsp3) is 0.731. The molecule has 5 rings (SSSR count). The van der Waals surface area contributed by atoms with Gasteiger partial charge in [-0.3, -0.25) is 0 Å². The van der Waals surface area contributed by atoms with Crippen molar-refractivity contribution in [2.75, 3.05) is 27.2 Å². The van der Waals surface area contributed by atoms with E-state index in [0.717, 1.165) is 85.7 Å². The van der Waals surface area contributed by atoms with E-state index in [0.29, 0.717) is 5.92 Å². The van der Waals surface area contributed by atoms with Gasteiger partial charge in [-0.25, -0.2) is 0 Å². The molecule has 2 saturated carbocycles. The summed E-state index contributed by atoms with van der Waals surface area (Å²) < 4.78 is 12.0. The van der Waals surface area contributed by atoms with Crippen molar-refractivity contribution in [3.63, 3.8) is 0 Å². The predicted octanol–water partition coefficient (Wildman–Crippen LogP) is 4.98. The van der Waals surface area contributed by atoms with Crippen molar-refractivity contribution in [3.8, 4) is 5.75 Å². The molecule has 0 radical (unpaired) electrons. The number of rotatable bonds is 10. The van der Waals surface area contributed by atoms with Gasteiger partial charge in [0.2, 0.25) is 0 Å². The molecule has 1 aromatic carbocycles. The van der Waals surface area contributed by atoms with Gasteiger partial charge < -0.3 is 24.6 Å². The lowest BCUT2D eigenvalue weighted by Crippen LogP contribution is -2.48. The third-order valence-corrected chi connectivity index (χ3v) is 7.89. The maximum Gasteiger partial charge on any atom is 0.175 e. The Morgan fingerprint density at radius 3 is 2.65 bits per heavy atom. The summed E-state index contributed by atoms with van der Waals surface area (Å²) in [6.07, 6.45) is 8.89. The lowest BCUT2D eigenvalue weighted by Gasteiger charge is -2.36. The molecule has 3 fully saturated rings. The first-order chi connectivity index (χ1) is 15.4. The minimum atomic E-state index is -0.221. The van der Waals surface area contributed by atoms with Crippen LogP contribution in [0.15, 0.2) is 16.7 Å². The molecule has 1 aliphatic heterocycles. The minimum Gasteiger partial charge on any atom is -0.493 e. The number of aryl methyl sites for hydroxylation is 1. The number of nitrogens with one attached hydrogen (secondary N) is 1. The van der Waals surface area contributed by atoms with Crippen molar-refractivity contribution in [3.05, 3.63) is 23.4 Å². The quantitative estimate of drug-likeness (QED) is 0.466. The number of fused-ring (bicyclic) bond motifs is 1. The van der Waals surface area contributed by atoms with Crippen molar-refractivity contribution < 1.29 is 14.4 Å². The van der Waals surface area contributed by atoms with E-state index in [1.54, 1.807) is 0 Å². The van der Waals surface area contributed by atoms with Crippen LogP contribution in [0.2, 0.25) is 0 Å².